The van der Waals surface area contributed by atoms with Crippen molar-refractivity contribution in [3.05, 3.63) is 17.7 Å². The normalized spacial score (nSPS) is 16.2. The molecule has 0 saturated heterocycles. The molecule has 1 aromatic carbocycles. The van der Waals surface area contributed by atoms with Crippen LogP contribution in [-0.4, -0.2) is 32.5 Å². The van der Waals surface area contributed by atoms with Gasteiger partial charge in [-0.2, -0.15) is 0 Å². The van der Waals surface area contributed by atoms with Gasteiger partial charge in [-0.1, -0.05) is 0 Å². The Hall–Kier alpha value is -1.95. The fraction of sp³-hybridized carbons (Fsp3) is 0.500. The van der Waals surface area contributed by atoms with Crippen LogP contribution in [0.25, 0.3) is 0 Å². The lowest BCUT2D eigenvalue weighted by Gasteiger charge is -2.09. The monoisotopic (exact) mass is 278 g/mol. The van der Waals surface area contributed by atoms with Crippen molar-refractivity contribution >= 4 is 11.6 Å². The first-order chi connectivity index (χ1) is 9.74. The summed E-state index contributed by atoms with van der Waals surface area (Å²) < 4.78 is 15.9. The molecule has 20 heavy (non-hydrogen) atoms. The smallest absolute Gasteiger partial charge is 0.253 e. The van der Waals surface area contributed by atoms with Crippen LogP contribution < -0.4 is 20.5 Å². The number of carbonyl (C=O) groups is 1. The van der Waals surface area contributed by atoms with Crippen LogP contribution in [0.3, 0.4) is 0 Å². The number of nitrogens with two attached hydrogens (primary N) is 1. The number of nitrogen functional groups attached to an aromatic ring is 1. The number of fused-ring (bicyclic) bond motifs is 1. The molecule has 1 fully saturated rings. The third-order valence-electron chi connectivity index (χ3n) is 3.37. The summed E-state index contributed by atoms with van der Waals surface area (Å²) in [4.78, 5) is 12.0. The van der Waals surface area contributed by atoms with Gasteiger partial charge in [0.2, 0.25) is 6.79 Å². The quantitative estimate of drug-likeness (QED) is 0.602. The van der Waals surface area contributed by atoms with E-state index in [1.54, 1.807) is 12.1 Å². The van der Waals surface area contributed by atoms with Crippen LogP contribution in [0, 0.1) is 5.92 Å². The summed E-state index contributed by atoms with van der Waals surface area (Å²) in [5.41, 5.74) is 6.62. The van der Waals surface area contributed by atoms with Crippen LogP contribution in [0.1, 0.15) is 23.2 Å². The zero-order chi connectivity index (χ0) is 13.9. The standard InChI is InChI=1S/C14H18N2O4/c15-11-6-13-12(19-8-20-13)5-10(11)14(17)16-3-4-18-7-9-1-2-9/h5-6,9H,1-4,7-8,15H2,(H,16,17). The summed E-state index contributed by atoms with van der Waals surface area (Å²) in [5, 5.41) is 2.78. The molecule has 6 heteroatoms. The molecule has 1 aliphatic carbocycles. The summed E-state index contributed by atoms with van der Waals surface area (Å²) in [6.07, 6.45) is 2.53. The maximum Gasteiger partial charge on any atom is 0.253 e. The third kappa shape index (κ3) is 2.96. The Labute approximate surface area is 117 Å². The molecule has 0 bridgehead atoms. The Morgan fingerprint density at radius 2 is 2.10 bits per heavy atom. The predicted octanol–water partition coefficient (Wildman–Crippen LogP) is 1.15. The molecule has 1 saturated carbocycles. The zero-order valence-corrected chi connectivity index (χ0v) is 11.2. The van der Waals surface area contributed by atoms with Gasteiger partial charge in [-0.05, 0) is 24.8 Å². The molecule has 1 aromatic rings. The Morgan fingerprint density at radius 1 is 1.35 bits per heavy atom. The van der Waals surface area contributed by atoms with Crippen molar-refractivity contribution in [1.29, 1.82) is 0 Å². The van der Waals surface area contributed by atoms with Crippen molar-refractivity contribution in [2.75, 3.05) is 32.3 Å². The van der Waals surface area contributed by atoms with Gasteiger partial charge < -0.3 is 25.3 Å². The fourth-order valence-corrected chi connectivity index (χ4v) is 2.02. The van der Waals surface area contributed by atoms with E-state index in [1.165, 1.54) is 12.8 Å². The van der Waals surface area contributed by atoms with Gasteiger partial charge in [0.1, 0.15) is 0 Å². The second-order valence-electron chi connectivity index (χ2n) is 5.07. The van der Waals surface area contributed by atoms with Gasteiger partial charge in [0, 0.05) is 24.9 Å². The third-order valence-corrected chi connectivity index (χ3v) is 3.37. The molecule has 3 rings (SSSR count). The summed E-state index contributed by atoms with van der Waals surface area (Å²) >= 11 is 0. The SMILES string of the molecule is Nc1cc2c(cc1C(=O)NCCOCC1CC1)OCO2. The minimum atomic E-state index is -0.226. The van der Waals surface area contributed by atoms with Gasteiger partial charge in [0.25, 0.3) is 5.91 Å². The van der Waals surface area contributed by atoms with Gasteiger partial charge in [0.05, 0.1) is 12.2 Å². The number of hydrogen-bond acceptors (Lipinski definition) is 5. The molecule has 3 N–H and O–H groups in total. The number of ether oxygens (including phenoxy) is 3. The first-order valence-corrected chi connectivity index (χ1v) is 6.79. The van der Waals surface area contributed by atoms with Crippen LogP contribution in [0.5, 0.6) is 11.5 Å². The zero-order valence-electron chi connectivity index (χ0n) is 11.2. The minimum absolute atomic E-state index is 0.162. The number of rotatable bonds is 6. The Bertz CT molecular complexity index is 514. The summed E-state index contributed by atoms with van der Waals surface area (Å²) in [5.74, 6) is 1.63. The Morgan fingerprint density at radius 3 is 2.85 bits per heavy atom. The molecule has 0 atom stereocenters. The van der Waals surface area contributed by atoms with E-state index in [1.807, 2.05) is 0 Å². The van der Waals surface area contributed by atoms with Gasteiger partial charge in [-0.25, -0.2) is 0 Å². The lowest BCUT2D eigenvalue weighted by atomic mass is 10.1. The molecular formula is C14H18N2O4. The first kappa shape index (κ1) is 13.1. The summed E-state index contributed by atoms with van der Waals surface area (Å²) in [6.45, 7) is 1.95. The van der Waals surface area contributed by atoms with Crippen molar-refractivity contribution < 1.29 is 19.0 Å². The summed E-state index contributed by atoms with van der Waals surface area (Å²) in [6, 6.07) is 3.22. The largest absolute Gasteiger partial charge is 0.454 e. The van der Waals surface area contributed by atoms with E-state index in [4.69, 9.17) is 19.9 Å². The molecule has 0 aromatic heterocycles. The summed E-state index contributed by atoms with van der Waals surface area (Å²) in [7, 11) is 0. The van der Waals surface area contributed by atoms with E-state index < -0.39 is 0 Å². The molecule has 108 valence electrons. The lowest BCUT2D eigenvalue weighted by molar-refractivity contribution is 0.0907. The second-order valence-corrected chi connectivity index (χ2v) is 5.07. The van der Waals surface area contributed by atoms with Crippen LogP contribution in [0.15, 0.2) is 12.1 Å². The van der Waals surface area contributed by atoms with Crippen molar-refractivity contribution in [3.63, 3.8) is 0 Å². The van der Waals surface area contributed by atoms with E-state index in [2.05, 4.69) is 5.32 Å². The van der Waals surface area contributed by atoms with Crippen LogP contribution in [-0.2, 0) is 4.74 Å². The molecule has 0 radical (unpaired) electrons. The Kier molecular flexibility index (Phi) is 3.64. The van der Waals surface area contributed by atoms with Crippen molar-refractivity contribution in [2.24, 2.45) is 5.92 Å². The molecule has 0 unspecified atom stereocenters. The molecule has 0 spiro atoms. The highest BCUT2D eigenvalue weighted by atomic mass is 16.7. The predicted molar refractivity (Wildman–Crippen MR) is 72.9 cm³/mol. The fourth-order valence-electron chi connectivity index (χ4n) is 2.02. The van der Waals surface area contributed by atoms with Crippen LogP contribution in [0.4, 0.5) is 5.69 Å². The van der Waals surface area contributed by atoms with Gasteiger partial charge >= 0.3 is 0 Å². The van der Waals surface area contributed by atoms with E-state index in [0.29, 0.717) is 35.9 Å². The average Bonchev–Trinajstić information content (AvgIpc) is 3.14. The van der Waals surface area contributed by atoms with Crippen molar-refractivity contribution in [3.8, 4) is 11.5 Å². The molecule has 6 nitrogen and oxygen atoms in total. The van der Waals surface area contributed by atoms with Gasteiger partial charge in [-0.3, -0.25) is 4.79 Å². The number of carbonyl (C=O) groups excluding carboxylic acids is 1. The van der Waals surface area contributed by atoms with Gasteiger partial charge in [-0.15, -0.1) is 0 Å². The average molecular weight is 278 g/mol. The van der Waals surface area contributed by atoms with Crippen LogP contribution >= 0.6 is 0 Å². The van der Waals surface area contributed by atoms with E-state index >= 15 is 0 Å². The highest BCUT2D eigenvalue weighted by Crippen LogP contribution is 2.35. The number of amides is 1. The molecule has 1 heterocycles. The topological polar surface area (TPSA) is 82.8 Å². The van der Waals surface area contributed by atoms with E-state index in [-0.39, 0.29) is 12.7 Å². The molecular weight excluding hydrogens is 260 g/mol. The van der Waals surface area contributed by atoms with Crippen molar-refractivity contribution in [1.82, 2.24) is 5.32 Å². The Balaban J connectivity index is 1.51. The first-order valence-electron chi connectivity index (χ1n) is 6.79. The lowest BCUT2D eigenvalue weighted by Crippen LogP contribution is -2.28. The van der Waals surface area contributed by atoms with Crippen molar-refractivity contribution in [2.45, 2.75) is 12.8 Å². The molecule has 1 amide bonds. The van der Waals surface area contributed by atoms with Crippen LogP contribution in [0.2, 0.25) is 0 Å². The number of nitrogens with one attached hydrogen (secondary N) is 1. The maximum absolute atomic E-state index is 12.0. The van der Waals surface area contributed by atoms with Gasteiger partial charge in [0.15, 0.2) is 11.5 Å². The number of benzene rings is 1. The number of hydrogen-bond donors (Lipinski definition) is 2. The molecule has 1 aliphatic heterocycles. The van der Waals surface area contributed by atoms with E-state index in [9.17, 15) is 4.79 Å². The number of anilines is 1. The highest BCUT2D eigenvalue weighted by molar-refractivity contribution is 6.00. The maximum atomic E-state index is 12.0. The molecule has 2 aliphatic rings. The van der Waals surface area contributed by atoms with E-state index in [0.717, 1.165) is 12.5 Å². The second kappa shape index (κ2) is 5.58. The highest BCUT2D eigenvalue weighted by Gasteiger charge is 2.21. The minimum Gasteiger partial charge on any atom is -0.454 e.